The van der Waals surface area contributed by atoms with Gasteiger partial charge in [-0.15, -0.1) is 0 Å². The third-order valence-corrected chi connectivity index (χ3v) is 8.50. The van der Waals surface area contributed by atoms with Crippen molar-refractivity contribution in [3.8, 4) is 11.3 Å². The van der Waals surface area contributed by atoms with E-state index in [-0.39, 0.29) is 23.0 Å². The molecular formula is C27H32F5N7O3S. The summed E-state index contributed by atoms with van der Waals surface area (Å²) >= 11 is 0. The highest BCUT2D eigenvalue weighted by atomic mass is 32.2. The van der Waals surface area contributed by atoms with Crippen molar-refractivity contribution in [2.75, 3.05) is 24.6 Å². The second-order valence-corrected chi connectivity index (χ2v) is 12.9. The standard InChI is InChI=1S/C27H32F5N7O3S/c1-15(2)39-24-21(14-34-26(36-24)33-13-16-5-7-18(8-6-16)38(3)4)35-23(25(39)40)22-19(28)11-17(12-20(22)29)37-43(41,42)10-9-27(30,31)32/h11-16,18,37H,5-10H2,1-4H3. The zero-order valence-electron chi connectivity index (χ0n) is 24.0. The predicted molar refractivity (Wildman–Crippen MR) is 153 cm³/mol. The highest BCUT2D eigenvalue weighted by molar-refractivity contribution is 7.92. The number of nitrogens with one attached hydrogen (secondary N) is 1. The molecule has 1 N–H and O–H groups in total. The summed E-state index contributed by atoms with van der Waals surface area (Å²) < 4.78 is 94.6. The number of hydrogen-bond donors (Lipinski definition) is 1. The fraction of sp³-hybridized carbons (Fsp3) is 0.519. The Bertz CT molecular complexity index is 1660. The third kappa shape index (κ3) is 7.90. The first-order chi connectivity index (χ1) is 20.0. The third-order valence-electron chi connectivity index (χ3n) is 7.21. The van der Waals surface area contributed by atoms with Gasteiger partial charge >= 0.3 is 6.18 Å². The van der Waals surface area contributed by atoms with Gasteiger partial charge in [0, 0.05) is 18.3 Å². The number of hydrogen-bond acceptors (Lipinski definition) is 8. The van der Waals surface area contributed by atoms with Crippen LogP contribution in [-0.2, 0) is 10.0 Å². The Hall–Kier alpha value is -3.53. The molecule has 0 spiro atoms. The average Bonchev–Trinajstić information content (AvgIpc) is 2.90. The lowest BCUT2D eigenvalue weighted by Crippen LogP contribution is -2.32. The van der Waals surface area contributed by atoms with Gasteiger partial charge in [-0.1, -0.05) is 0 Å². The van der Waals surface area contributed by atoms with E-state index in [4.69, 9.17) is 0 Å². The molecule has 1 aliphatic rings. The minimum Gasteiger partial charge on any atom is -0.306 e. The SMILES string of the molecule is CC(C)n1c(=O)c(-c2c(F)cc(NS(=O)(=O)CCC(F)(F)F)cc2F)nc2cnc(N=CC3CCC(N(C)C)CC3)nc21. The van der Waals surface area contributed by atoms with Crippen LogP contribution in [-0.4, -0.2) is 71.1 Å². The number of aromatic nitrogens is 4. The fourth-order valence-electron chi connectivity index (χ4n) is 4.97. The number of benzene rings is 1. The molecule has 1 aliphatic carbocycles. The molecule has 2 aromatic heterocycles. The Balaban J connectivity index is 1.66. The molecule has 0 unspecified atom stereocenters. The molecular weight excluding hydrogens is 597 g/mol. The number of nitrogens with zero attached hydrogens (tertiary/aromatic N) is 6. The number of sulfonamides is 1. The lowest BCUT2D eigenvalue weighted by atomic mass is 9.86. The number of anilines is 1. The number of aliphatic imine (C=N–C) groups is 1. The molecule has 0 saturated heterocycles. The highest BCUT2D eigenvalue weighted by Gasteiger charge is 2.30. The maximum Gasteiger partial charge on any atom is 0.390 e. The van der Waals surface area contributed by atoms with Gasteiger partial charge in [0.25, 0.3) is 11.5 Å². The van der Waals surface area contributed by atoms with Gasteiger partial charge in [-0.3, -0.25) is 14.1 Å². The highest BCUT2D eigenvalue weighted by Crippen LogP contribution is 2.29. The first kappa shape index (κ1) is 32.4. The van der Waals surface area contributed by atoms with Crippen molar-refractivity contribution in [1.29, 1.82) is 0 Å². The van der Waals surface area contributed by atoms with Gasteiger partial charge in [0.15, 0.2) is 5.65 Å². The largest absolute Gasteiger partial charge is 0.390 e. The summed E-state index contributed by atoms with van der Waals surface area (Å²) in [7, 11) is -0.452. The maximum absolute atomic E-state index is 15.2. The molecule has 0 radical (unpaired) electrons. The minimum atomic E-state index is -4.74. The maximum atomic E-state index is 15.2. The minimum absolute atomic E-state index is 0.0597. The molecule has 10 nitrogen and oxygen atoms in total. The summed E-state index contributed by atoms with van der Waals surface area (Å²) in [5, 5.41) is 0. The number of rotatable bonds is 9. The zero-order chi connectivity index (χ0) is 31.7. The summed E-state index contributed by atoms with van der Waals surface area (Å²) in [6.45, 7) is 3.34. The fourth-order valence-corrected chi connectivity index (χ4v) is 6.05. The lowest BCUT2D eigenvalue weighted by Gasteiger charge is -2.31. The van der Waals surface area contributed by atoms with Crippen LogP contribution >= 0.6 is 0 Å². The second-order valence-electron chi connectivity index (χ2n) is 11.0. The van der Waals surface area contributed by atoms with E-state index < -0.39 is 68.6 Å². The molecule has 0 bridgehead atoms. The lowest BCUT2D eigenvalue weighted by molar-refractivity contribution is -0.129. The van der Waals surface area contributed by atoms with E-state index in [1.54, 1.807) is 24.8 Å². The number of alkyl halides is 3. The molecule has 3 aromatic rings. The van der Waals surface area contributed by atoms with Crippen LogP contribution in [0.15, 0.2) is 28.1 Å². The zero-order valence-corrected chi connectivity index (χ0v) is 24.8. The average molecular weight is 630 g/mol. The van der Waals surface area contributed by atoms with Gasteiger partial charge in [0.1, 0.15) is 22.8 Å². The van der Waals surface area contributed by atoms with Gasteiger partial charge in [-0.25, -0.2) is 32.2 Å². The van der Waals surface area contributed by atoms with Crippen LogP contribution in [0.4, 0.5) is 33.6 Å². The van der Waals surface area contributed by atoms with Gasteiger partial charge < -0.3 is 4.90 Å². The molecule has 1 aromatic carbocycles. The summed E-state index contributed by atoms with van der Waals surface area (Å²) in [5.74, 6) is -3.68. The normalized spacial score (nSPS) is 18.3. The molecule has 0 amide bonds. The Kier molecular flexibility index (Phi) is 9.49. The van der Waals surface area contributed by atoms with E-state index >= 15 is 8.78 Å². The van der Waals surface area contributed by atoms with Gasteiger partial charge in [0.2, 0.25) is 10.0 Å². The molecule has 2 heterocycles. The van der Waals surface area contributed by atoms with Crippen LogP contribution in [0, 0.1) is 17.6 Å². The number of halogens is 5. The molecule has 43 heavy (non-hydrogen) atoms. The Morgan fingerprint density at radius 2 is 1.74 bits per heavy atom. The van der Waals surface area contributed by atoms with Crippen LogP contribution in [0.2, 0.25) is 0 Å². The Morgan fingerprint density at radius 3 is 2.30 bits per heavy atom. The molecule has 4 rings (SSSR count). The van der Waals surface area contributed by atoms with Crippen molar-refractivity contribution >= 4 is 39.0 Å². The van der Waals surface area contributed by atoms with Crippen molar-refractivity contribution < 1.29 is 30.4 Å². The predicted octanol–water partition coefficient (Wildman–Crippen LogP) is 5.23. The van der Waals surface area contributed by atoms with E-state index in [0.29, 0.717) is 18.2 Å². The van der Waals surface area contributed by atoms with Crippen molar-refractivity contribution in [2.45, 2.75) is 64.2 Å². The first-order valence-electron chi connectivity index (χ1n) is 13.6. The van der Waals surface area contributed by atoms with Crippen LogP contribution in [0.3, 0.4) is 0 Å². The van der Waals surface area contributed by atoms with Crippen LogP contribution in [0.25, 0.3) is 22.4 Å². The van der Waals surface area contributed by atoms with E-state index in [0.717, 1.165) is 25.7 Å². The molecule has 1 fully saturated rings. The Labute approximate surface area is 245 Å². The van der Waals surface area contributed by atoms with Crippen LogP contribution in [0.5, 0.6) is 0 Å². The summed E-state index contributed by atoms with van der Waals surface area (Å²) in [4.78, 5) is 32.8. The number of fused-ring (bicyclic) bond motifs is 1. The molecule has 0 atom stereocenters. The van der Waals surface area contributed by atoms with Crippen molar-refractivity contribution in [2.24, 2.45) is 10.9 Å². The smallest absolute Gasteiger partial charge is 0.306 e. The summed E-state index contributed by atoms with van der Waals surface area (Å²) in [5.41, 5.74) is -2.79. The Morgan fingerprint density at radius 1 is 1.12 bits per heavy atom. The van der Waals surface area contributed by atoms with E-state index in [2.05, 4.69) is 38.9 Å². The van der Waals surface area contributed by atoms with Crippen LogP contribution in [0.1, 0.15) is 52.0 Å². The second kappa shape index (κ2) is 12.6. The van der Waals surface area contributed by atoms with E-state index in [1.807, 2.05) is 0 Å². The quantitative estimate of drug-likeness (QED) is 0.254. The van der Waals surface area contributed by atoms with Crippen molar-refractivity contribution in [1.82, 2.24) is 24.4 Å². The monoisotopic (exact) mass is 629 g/mol. The van der Waals surface area contributed by atoms with Crippen molar-refractivity contribution in [3.63, 3.8) is 0 Å². The summed E-state index contributed by atoms with van der Waals surface area (Å²) in [6, 6.07) is 1.14. The van der Waals surface area contributed by atoms with Gasteiger partial charge in [-0.05, 0) is 71.7 Å². The summed E-state index contributed by atoms with van der Waals surface area (Å²) in [6.07, 6.45) is 0.719. The molecule has 16 heteroatoms. The van der Waals surface area contributed by atoms with E-state index in [9.17, 15) is 26.4 Å². The topological polar surface area (TPSA) is 122 Å². The van der Waals surface area contributed by atoms with Gasteiger partial charge in [0.05, 0.1) is 29.6 Å². The van der Waals surface area contributed by atoms with E-state index in [1.165, 1.54) is 10.8 Å². The molecule has 0 aliphatic heterocycles. The molecule has 1 saturated carbocycles. The van der Waals surface area contributed by atoms with Gasteiger partial charge in [-0.2, -0.15) is 18.2 Å². The van der Waals surface area contributed by atoms with Crippen molar-refractivity contribution in [3.05, 3.63) is 40.3 Å². The molecule has 234 valence electrons. The van der Waals surface area contributed by atoms with Crippen LogP contribution < -0.4 is 10.3 Å². The first-order valence-corrected chi connectivity index (χ1v) is 15.3.